The third-order valence-corrected chi connectivity index (χ3v) is 6.47. The highest BCUT2D eigenvalue weighted by atomic mass is 32.2. The van der Waals surface area contributed by atoms with Gasteiger partial charge in [0.05, 0.1) is 11.8 Å². The SMILES string of the molecule is NS(=O)(=O)N1CCC2(CC1)C[C@H]2c1noc(-c2cncc(OCC(F)(F)F)c2)n1. The molecule has 2 aromatic heterocycles. The van der Waals surface area contributed by atoms with Crippen molar-refractivity contribution in [2.75, 3.05) is 19.7 Å². The van der Waals surface area contributed by atoms with E-state index in [4.69, 9.17) is 9.66 Å². The highest BCUT2D eigenvalue weighted by Gasteiger charge is 2.58. The number of hydrogen-bond acceptors (Lipinski definition) is 7. The van der Waals surface area contributed by atoms with Gasteiger partial charge in [0.25, 0.3) is 16.1 Å². The molecule has 1 saturated carbocycles. The number of ether oxygens (including phenoxy) is 1. The number of nitrogens with two attached hydrogens (primary N) is 1. The van der Waals surface area contributed by atoms with Crippen molar-refractivity contribution >= 4 is 10.2 Å². The van der Waals surface area contributed by atoms with Gasteiger partial charge in [-0.05, 0) is 30.7 Å². The Kier molecular flexibility index (Phi) is 4.78. The van der Waals surface area contributed by atoms with Crippen LogP contribution in [-0.4, -0.2) is 53.7 Å². The molecule has 2 aliphatic rings. The second-order valence-corrected chi connectivity index (χ2v) is 8.88. The number of alkyl halides is 3. The fourth-order valence-electron chi connectivity index (χ4n) is 3.72. The molecule has 1 spiro atoms. The third kappa shape index (κ3) is 4.36. The van der Waals surface area contributed by atoms with E-state index in [2.05, 4.69) is 19.9 Å². The van der Waals surface area contributed by atoms with E-state index in [0.717, 1.165) is 6.42 Å². The predicted octanol–water partition coefficient (Wildman–Crippen LogP) is 1.85. The van der Waals surface area contributed by atoms with Crippen molar-refractivity contribution in [3.05, 3.63) is 24.3 Å². The molecule has 0 unspecified atom stereocenters. The maximum absolute atomic E-state index is 12.3. The zero-order valence-corrected chi connectivity index (χ0v) is 15.9. The summed E-state index contributed by atoms with van der Waals surface area (Å²) in [6.45, 7) is -0.724. The number of rotatable bonds is 5. The lowest BCUT2D eigenvalue weighted by molar-refractivity contribution is -0.153. The lowest BCUT2D eigenvalue weighted by Crippen LogP contribution is -2.43. The Balaban J connectivity index is 1.43. The molecule has 158 valence electrons. The Labute approximate surface area is 164 Å². The number of pyridine rings is 1. The van der Waals surface area contributed by atoms with Crippen LogP contribution in [0.2, 0.25) is 0 Å². The van der Waals surface area contributed by atoms with Crippen LogP contribution in [-0.2, 0) is 10.2 Å². The average Bonchev–Trinajstić information content (AvgIpc) is 3.12. The molecule has 9 nitrogen and oxygen atoms in total. The Bertz CT molecular complexity index is 1000. The summed E-state index contributed by atoms with van der Waals surface area (Å²) in [4.78, 5) is 8.21. The van der Waals surface area contributed by atoms with Crippen LogP contribution in [0.25, 0.3) is 11.5 Å². The molecule has 1 saturated heterocycles. The second-order valence-electron chi connectivity index (χ2n) is 7.33. The highest BCUT2D eigenvalue weighted by molar-refractivity contribution is 7.86. The number of hydrogen-bond donors (Lipinski definition) is 1. The van der Waals surface area contributed by atoms with Gasteiger partial charge in [-0.3, -0.25) is 4.98 Å². The normalized spacial score (nSPS) is 22.0. The lowest BCUT2D eigenvalue weighted by Gasteiger charge is -2.30. The van der Waals surface area contributed by atoms with Gasteiger partial charge >= 0.3 is 6.18 Å². The highest BCUT2D eigenvalue weighted by Crippen LogP contribution is 2.64. The average molecular weight is 433 g/mol. The van der Waals surface area contributed by atoms with Gasteiger partial charge in [0, 0.05) is 25.2 Å². The monoisotopic (exact) mass is 433 g/mol. The summed E-state index contributed by atoms with van der Waals surface area (Å²) in [5, 5.41) is 9.17. The molecule has 13 heteroatoms. The molecule has 1 aliphatic carbocycles. The number of halogens is 3. The summed E-state index contributed by atoms with van der Waals surface area (Å²) in [6, 6.07) is 1.35. The van der Waals surface area contributed by atoms with Gasteiger partial charge in [0.2, 0.25) is 0 Å². The van der Waals surface area contributed by atoms with Crippen LogP contribution < -0.4 is 9.88 Å². The van der Waals surface area contributed by atoms with Gasteiger partial charge in [-0.1, -0.05) is 5.16 Å². The Morgan fingerprint density at radius 2 is 2.03 bits per heavy atom. The van der Waals surface area contributed by atoms with E-state index in [1.165, 1.54) is 22.8 Å². The van der Waals surface area contributed by atoms with Gasteiger partial charge in [-0.2, -0.15) is 30.9 Å². The summed E-state index contributed by atoms with van der Waals surface area (Å²) in [5.74, 6) is 0.609. The first kappa shape index (κ1) is 20.0. The Hall–Kier alpha value is -2.25. The molecule has 2 fully saturated rings. The van der Waals surface area contributed by atoms with Crippen molar-refractivity contribution in [2.45, 2.75) is 31.4 Å². The summed E-state index contributed by atoms with van der Waals surface area (Å²) in [6.07, 6.45) is 0.234. The third-order valence-electron chi connectivity index (χ3n) is 5.38. The van der Waals surface area contributed by atoms with Crippen LogP contribution in [0.15, 0.2) is 23.0 Å². The molecular weight excluding hydrogens is 415 g/mol. The fourth-order valence-corrected chi connectivity index (χ4v) is 4.42. The first-order chi connectivity index (χ1) is 13.6. The van der Waals surface area contributed by atoms with E-state index in [0.29, 0.717) is 37.3 Å². The molecule has 0 radical (unpaired) electrons. The first-order valence-corrected chi connectivity index (χ1v) is 10.3. The van der Waals surface area contributed by atoms with Crippen molar-refractivity contribution in [1.29, 1.82) is 0 Å². The van der Waals surface area contributed by atoms with E-state index in [1.54, 1.807) is 0 Å². The van der Waals surface area contributed by atoms with Gasteiger partial charge in [0.1, 0.15) is 5.75 Å². The molecule has 1 atom stereocenters. The molecule has 0 amide bonds. The number of nitrogens with zero attached hydrogens (tertiary/aromatic N) is 4. The quantitative estimate of drug-likeness (QED) is 0.763. The first-order valence-electron chi connectivity index (χ1n) is 8.82. The maximum atomic E-state index is 12.3. The van der Waals surface area contributed by atoms with Gasteiger partial charge in [-0.25, -0.2) is 5.14 Å². The van der Waals surface area contributed by atoms with E-state index in [9.17, 15) is 21.6 Å². The standard InChI is InChI=1S/C16H18F3N5O4S/c17-16(18,19)9-27-11-5-10(7-21-8-11)14-22-13(23-28-14)12-6-15(12)1-3-24(4-2-15)29(20,25)26/h5,7-8,12H,1-4,6,9H2,(H2,20,25,26)/t12-/m0/s1. The zero-order valence-electron chi connectivity index (χ0n) is 15.1. The minimum absolute atomic E-state index is 0.0419. The van der Waals surface area contributed by atoms with Crippen LogP contribution in [0.1, 0.15) is 31.0 Å². The summed E-state index contributed by atoms with van der Waals surface area (Å²) in [7, 11) is -3.69. The maximum Gasteiger partial charge on any atom is 0.422 e. The van der Waals surface area contributed by atoms with Crippen molar-refractivity contribution in [2.24, 2.45) is 10.6 Å². The van der Waals surface area contributed by atoms with Crippen LogP contribution in [0, 0.1) is 5.41 Å². The van der Waals surface area contributed by atoms with E-state index >= 15 is 0 Å². The molecule has 1 aliphatic heterocycles. The molecule has 3 heterocycles. The second kappa shape index (κ2) is 6.92. The molecule has 2 aromatic rings. The van der Waals surface area contributed by atoms with Gasteiger partial charge < -0.3 is 9.26 Å². The van der Waals surface area contributed by atoms with Crippen molar-refractivity contribution < 1.29 is 30.8 Å². The Morgan fingerprint density at radius 1 is 1.31 bits per heavy atom. The summed E-state index contributed by atoms with van der Waals surface area (Å²) >= 11 is 0. The predicted molar refractivity (Wildman–Crippen MR) is 92.8 cm³/mol. The molecule has 29 heavy (non-hydrogen) atoms. The van der Waals surface area contributed by atoms with Crippen LogP contribution in [0.4, 0.5) is 13.2 Å². The van der Waals surface area contributed by atoms with Gasteiger partial charge in [0.15, 0.2) is 12.4 Å². The molecule has 0 aromatic carbocycles. The van der Waals surface area contributed by atoms with Crippen molar-refractivity contribution in [1.82, 2.24) is 19.4 Å². The molecule has 0 bridgehead atoms. The van der Waals surface area contributed by atoms with E-state index in [1.807, 2.05) is 0 Å². The lowest BCUT2D eigenvalue weighted by atomic mass is 9.92. The van der Waals surface area contributed by atoms with Crippen molar-refractivity contribution in [3.8, 4) is 17.2 Å². The topological polar surface area (TPSA) is 124 Å². The Morgan fingerprint density at radius 3 is 2.69 bits per heavy atom. The van der Waals surface area contributed by atoms with Gasteiger partial charge in [-0.15, -0.1) is 0 Å². The largest absolute Gasteiger partial charge is 0.482 e. The number of piperidine rings is 1. The van der Waals surface area contributed by atoms with Crippen LogP contribution in [0.3, 0.4) is 0 Å². The van der Waals surface area contributed by atoms with E-state index < -0.39 is 23.0 Å². The minimum Gasteiger partial charge on any atom is -0.482 e. The van der Waals surface area contributed by atoms with E-state index in [-0.39, 0.29) is 23.0 Å². The molecule has 4 rings (SSSR count). The summed E-state index contributed by atoms with van der Waals surface area (Å²) < 4.78 is 71.0. The minimum atomic E-state index is -4.45. The van der Waals surface area contributed by atoms with Crippen LogP contribution >= 0.6 is 0 Å². The zero-order chi connectivity index (χ0) is 20.9. The van der Waals surface area contributed by atoms with Crippen LogP contribution in [0.5, 0.6) is 5.75 Å². The number of aromatic nitrogens is 3. The molecule has 2 N–H and O–H groups in total. The molecular formula is C16H18F3N5O4S. The fraction of sp³-hybridized carbons (Fsp3) is 0.562. The summed E-state index contributed by atoms with van der Waals surface area (Å²) in [5.41, 5.74) is 0.278. The van der Waals surface area contributed by atoms with Crippen molar-refractivity contribution in [3.63, 3.8) is 0 Å². The smallest absolute Gasteiger partial charge is 0.422 e.